The van der Waals surface area contributed by atoms with Crippen LogP contribution in [0.4, 0.5) is 0 Å². The van der Waals surface area contributed by atoms with Gasteiger partial charge >= 0.3 is 0 Å². The highest BCUT2D eigenvalue weighted by Gasteiger charge is 2.25. The molecule has 0 aliphatic carbocycles. The van der Waals surface area contributed by atoms with Crippen molar-refractivity contribution < 1.29 is 0 Å². The molecule has 1 aliphatic heterocycles. The fourth-order valence-electron chi connectivity index (χ4n) is 2.14. The molecule has 1 aliphatic rings. The minimum atomic E-state index is 0.462. The second kappa shape index (κ2) is 4.83. The van der Waals surface area contributed by atoms with Gasteiger partial charge in [-0.3, -0.25) is 4.90 Å². The van der Waals surface area contributed by atoms with Gasteiger partial charge in [0.25, 0.3) is 0 Å². The topological polar surface area (TPSA) is 46.8 Å². The number of hydrogen-bond acceptors (Lipinski definition) is 5. The summed E-state index contributed by atoms with van der Waals surface area (Å²) in [7, 11) is 0. The van der Waals surface area contributed by atoms with Crippen LogP contribution in [0.2, 0.25) is 0 Å². The summed E-state index contributed by atoms with van der Waals surface area (Å²) in [6.07, 6.45) is 6.41. The maximum atomic E-state index is 4.21. The fourth-order valence-corrected chi connectivity index (χ4v) is 3.38. The van der Waals surface area contributed by atoms with Gasteiger partial charge < -0.3 is 0 Å². The minimum absolute atomic E-state index is 0.462. The molecule has 0 spiro atoms. The Balaban J connectivity index is 1.63. The molecule has 2 aromatic heterocycles. The van der Waals surface area contributed by atoms with Crippen molar-refractivity contribution in [3.63, 3.8) is 0 Å². The van der Waals surface area contributed by atoms with Crippen LogP contribution in [0.1, 0.15) is 17.3 Å². The van der Waals surface area contributed by atoms with Crippen molar-refractivity contribution in [1.29, 1.82) is 0 Å². The van der Waals surface area contributed by atoms with Crippen molar-refractivity contribution in [2.45, 2.75) is 19.0 Å². The van der Waals surface area contributed by atoms with Crippen LogP contribution in [0.15, 0.2) is 23.3 Å². The normalized spacial score (nSPS) is 21.1. The highest BCUT2D eigenvalue weighted by atomic mass is 79.9. The molecule has 7 heteroatoms. The van der Waals surface area contributed by atoms with Crippen LogP contribution in [0.25, 0.3) is 0 Å². The molecule has 17 heavy (non-hydrogen) atoms. The van der Waals surface area contributed by atoms with E-state index in [1.54, 1.807) is 24.2 Å². The van der Waals surface area contributed by atoms with Crippen molar-refractivity contribution in [3.8, 4) is 0 Å². The number of aromatic nitrogens is 4. The maximum absolute atomic E-state index is 4.21. The molecule has 0 bridgehead atoms. The lowest BCUT2D eigenvalue weighted by Gasteiger charge is -2.14. The van der Waals surface area contributed by atoms with Crippen LogP contribution < -0.4 is 0 Å². The first-order chi connectivity index (χ1) is 8.33. The lowest BCUT2D eigenvalue weighted by atomic mass is 10.3. The summed E-state index contributed by atoms with van der Waals surface area (Å²) in [5, 5.41) is 4.21. The van der Waals surface area contributed by atoms with E-state index in [0.29, 0.717) is 6.04 Å². The van der Waals surface area contributed by atoms with E-state index < -0.39 is 0 Å². The zero-order chi connectivity index (χ0) is 11.7. The van der Waals surface area contributed by atoms with Gasteiger partial charge in [-0.1, -0.05) is 0 Å². The van der Waals surface area contributed by atoms with Crippen molar-refractivity contribution >= 4 is 27.5 Å². The van der Waals surface area contributed by atoms with E-state index in [4.69, 9.17) is 0 Å². The number of halogens is 1. The summed E-state index contributed by atoms with van der Waals surface area (Å²) in [6, 6.07) is 0.462. The van der Waals surface area contributed by atoms with Crippen molar-refractivity contribution in [3.05, 3.63) is 28.2 Å². The van der Waals surface area contributed by atoms with Crippen molar-refractivity contribution in [1.82, 2.24) is 24.0 Å². The molecule has 0 aromatic carbocycles. The third-order valence-corrected chi connectivity index (χ3v) is 4.75. The first-order valence-electron chi connectivity index (χ1n) is 5.48. The Morgan fingerprint density at radius 1 is 1.53 bits per heavy atom. The smallest absolute Gasteiger partial charge is 0.137 e. The van der Waals surface area contributed by atoms with Gasteiger partial charge in [0.05, 0.1) is 21.6 Å². The van der Waals surface area contributed by atoms with E-state index >= 15 is 0 Å². The molecule has 3 rings (SSSR count). The highest BCUT2D eigenvalue weighted by Crippen LogP contribution is 2.26. The predicted molar refractivity (Wildman–Crippen MR) is 68.8 cm³/mol. The first kappa shape index (κ1) is 11.3. The number of rotatable bonds is 3. The fraction of sp³-hybridized carbons (Fsp3) is 0.500. The molecule has 1 atom stereocenters. The molecule has 5 nitrogen and oxygen atoms in total. The lowest BCUT2D eigenvalue weighted by Crippen LogP contribution is -2.21. The van der Waals surface area contributed by atoms with Crippen LogP contribution in [-0.2, 0) is 6.54 Å². The van der Waals surface area contributed by atoms with Crippen LogP contribution in [0, 0.1) is 0 Å². The summed E-state index contributed by atoms with van der Waals surface area (Å²) in [6.45, 7) is 3.11. The van der Waals surface area contributed by atoms with Crippen LogP contribution in [0.3, 0.4) is 0 Å². The Labute approximate surface area is 112 Å². The first-order valence-corrected chi connectivity index (χ1v) is 7.05. The molecule has 0 amide bonds. The van der Waals surface area contributed by atoms with Crippen LogP contribution >= 0.6 is 27.5 Å². The van der Waals surface area contributed by atoms with E-state index in [1.165, 1.54) is 4.88 Å². The molecule has 3 heterocycles. The van der Waals surface area contributed by atoms with Gasteiger partial charge in [0.2, 0.25) is 0 Å². The van der Waals surface area contributed by atoms with E-state index in [1.807, 2.05) is 10.9 Å². The minimum Gasteiger partial charge on any atom is -0.296 e. The maximum Gasteiger partial charge on any atom is 0.137 e. The number of hydrogen-bond donors (Lipinski definition) is 0. The summed E-state index contributed by atoms with van der Waals surface area (Å²) in [4.78, 5) is 7.73. The summed E-state index contributed by atoms with van der Waals surface area (Å²) >= 11 is 5.08. The third-order valence-electron chi connectivity index (χ3n) is 3.02. The molecule has 0 N–H and O–H groups in total. The Kier molecular flexibility index (Phi) is 3.21. The Hall–Kier alpha value is -0.790. The molecule has 2 aromatic rings. The second-order valence-electron chi connectivity index (χ2n) is 4.15. The Morgan fingerprint density at radius 3 is 3.18 bits per heavy atom. The van der Waals surface area contributed by atoms with Crippen molar-refractivity contribution in [2.24, 2.45) is 0 Å². The Morgan fingerprint density at radius 2 is 2.47 bits per heavy atom. The average Bonchev–Trinajstić information content (AvgIpc) is 3.02. The molecular weight excluding hydrogens is 302 g/mol. The molecule has 1 unspecified atom stereocenters. The lowest BCUT2D eigenvalue weighted by molar-refractivity contribution is 0.313. The predicted octanol–water partition coefficient (Wildman–Crippen LogP) is 1.94. The summed E-state index contributed by atoms with van der Waals surface area (Å²) in [5.41, 5.74) is 0. The van der Waals surface area contributed by atoms with Crippen LogP contribution in [0.5, 0.6) is 0 Å². The Bertz CT molecular complexity index is 483. The average molecular weight is 314 g/mol. The molecule has 1 fully saturated rings. The number of likely N-dealkylation sites (tertiary alicyclic amines) is 1. The quantitative estimate of drug-likeness (QED) is 0.869. The second-order valence-corrected chi connectivity index (χ2v) is 5.89. The monoisotopic (exact) mass is 313 g/mol. The van der Waals surface area contributed by atoms with Crippen molar-refractivity contribution in [2.75, 3.05) is 13.1 Å². The van der Waals surface area contributed by atoms with E-state index in [9.17, 15) is 0 Å². The van der Waals surface area contributed by atoms with Gasteiger partial charge in [-0.25, -0.2) is 9.67 Å². The van der Waals surface area contributed by atoms with E-state index in [0.717, 1.165) is 30.5 Å². The van der Waals surface area contributed by atoms with Gasteiger partial charge in [0, 0.05) is 19.6 Å². The third kappa shape index (κ3) is 2.41. The van der Waals surface area contributed by atoms with E-state index in [2.05, 4.69) is 35.3 Å². The van der Waals surface area contributed by atoms with Gasteiger partial charge in [0.1, 0.15) is 12.7 Å². The van der Waals surface area contributed by atoms with Gasteiger partial charge in [-0.15, -0.1) is 0 Å². The van der Waals surface area contributed by atoms with Gasteiger partial charge in [-0.2, -0.15) is 9.47 Å². The standard InChI is InChI=1S/C10H12BrN5S/c11-9-3-14-17-10(9)5-15-2-1-8(4-15)16-7-12-6-13-16/h3,6-8H,1-2,4-5H2. The molecule has 1 saturated heterocycles. The molecule has 90 valence electrons. The molecule has 0 radical (unpaired) electrons. The summed E-state index contributed by atoms with van der Waals surface area (Å²) < 4.78 is 7.25. The van der Waals surface area contributed by atoms with E-state index in [-0.39, 0.29) is 0 Å². The molecule has 0 saturated carbocycles. The molecular formula is C10H12BrN5S. The SMILES string of the molecule is Brc1cnsc1CN1CCC(n2cncn2)C1. The zero-order valence-electron chi connectivity index (χ0n) is 9.16. The summed E-state index contributed by atoms with van der Waals surface area (Å²) in [5.74, 6) is 0. The van der Waals surface area contributed by atoms with Gasteiger partial charge in [-0.05, 0) is 33.9 Å². The highest BCUT2D eigenvalue weighted by molar-refractivity contribution is 9.10. The van der Waals surface area contributed by atoms with Crippen LogP contribution in [-0.4, -0.2) is 37.1 Å². The zero-order valence-corrected chi connectivity index (χ0v) is 11.6. The van der Waals surface area contributed by atoms with Gasteiger partial charge in [0.15, 0.2) is 0 Å². The number of nitrogens with zero attached hydrogens (tertiary/aromatic N) is 5. The largest absolute Gasteiger partial charge is 0.296 e.